The van der Waals surface area contributed by atoms with Crippen LogP contribution in [-0.2, 0) is 0 Å². The maximum Gasteiger partial charge on any atom is 0.255 e. The van der Waals surface area contributed by atoms with Crippen LogP contribution >= 0.6 is 0 Å². The van der Waals surface area contributed by atoms with Gasteiger partial charge in [-0.1, -0.05) is 18.2 Å². The van der Waals surface area contributed by atoms with Gasteiger partial charge in [-0.3, -0.25) is 9.78 Å². The molecule has 5 heteroatoms. The lowest BCUT2D eigenvalue weighted by atomic mass is 9.97. The number of nitrogens with zero attached hydrogens (tertiary/aromatic N) is 2. The lowest BCUT2D eigenvalue weighted by Crippen LogP contribution is -2.39. The molecule has 2 aromatic rings. The van der Waals surface area contributed by atoms with Crippen LogP contribution in [0.4, 0.5) is 4.39 Å². The molecule has 3 rings (SSSR count). The lowest BCUT2D eigenvalue weighted by Gasteiger charge is -2.31. The normalized spacial score (nSPS) is 15.4. The summed E-state index contributed by atoms with van der Waals surface area (Å²) in [5, 5.41) is 0. The van der Waals surface area contributed by atoms with Crippen LogP contribution in [0.25, 0.3) is 0 Å². The molecular weight excluding hydrogens is 295 g/mol. The van der Waals surface area contributed by atoms with Crippen LogP contribution in [0.1, 0.15) is 23.2 Å². The van der Waals surface area contributed by atoms with E-state index in [0.29, 0.717) is 31.2 Å². The predicted molar refractivity (Wildman–Crippen MR) is 84.8 cm³/mol. The number of benzene rings is 1. The molecule has 120 valence electrons. The standard InChI is InChI=1S/C18H19FN2O2/c19-16-10-15(11-20-12-16)18(22)21-8-6-14(7-9-21)13-23-17-4-2-1-3-5-17/h1-5,10-12,14H,6-9,13H2. The van der Waals surface area contributed by atoms with Crippen LogP contribution in [0.15, 0.2) is 48.8 Å². The number of amides is 1. The van der Waals surface area contributed by atoms with E-state index >= 15 is 0 Å². The SMILES string of the molecule is O=C(c1cncc(F)c1)N1CCC(COc2ccccc2)CC1. The van der Waals surface area contributed by atoms with Crippen molar-refractivity contribution in [3.05, 3.63) is 60.2 Å². The minimum atomic E-state index is -0.484. The van der Waals surface area contributed by atoms with Crippen molar-refractivity contribution < 1.29 is 13.9 Å². The van der Waals surface area contributed by atoms with Gasteiger partial charge in [0.15, 0.2) is 0 Å². The first kappa shape index (κ1) is 15.5. The van der Waals surface area contributed by atoms with Gasteiger partial charge in [-0.15, -0.1) is 0 Å². The molecule has 0 spiro atoms. The second kappa shape index (κ2) is 7.22. The maximum atomic E-state index is 13.2. The average molecular weight is 314 g/mol. The largest absolute Gasteiger partial charge is 0.493 e. The third-order valence-corrected chi connectivity index (χ3v) is 4.08. The molecule has 0 aliphatic carbocycles. The highest BCUT2D eigenvalue weighted by atomic mass is 19.1. The smallest absolute Gasteiger partial charge is 0.255 e. The average Bonchev–Trinajstić information content (AvgIpc) is 2.61. The second-order valence-electron chi connectivity index (χ2n) is 5.75. The van der Waals surface area contributed by atoms with Gasteiger partial charge in [0.25, 0.3) is 5.91 Å². The van der Waals surface area contributed by atoms with Crippen molar-refractivity contribution in [1.82, 2.24) is 9.88 Å². The van der Waals surface area contributed by atoms with Crippen LogP contribution in [0.3, 0.4) is 0 Å². The topological polar surface area (TPSA) is 42.4 Å². The molecule has 0 atom stereocenters. The summed E-state index contributed by atoms with van der Waals surface area (Å²) in [6.07, 6.45) is 4.29. The van der Waals surface area contributed by atoms with Gasteiger partial charge in [0.05, 0.1) is 18.4 Å². The number of rotatable bonds is 4. The zero-order valence-electron chi connectivity index (χ0n) is 12.8. The van der Waals surface area contributed by atoms with Crippen molar-refractivity contribution in [3.63, 3.8) is 0 Å². The molecule has 1 aliphatic rings. The minimum Gasteiger partial charge on any atom is -0.493 e. The molecule has 2 heterocycles. The number of hydrogen-bond acceptors (Lipinski definition) is 3. The van der Waals surface area contributed by atoms with Gasteiger partial charge in [-0.2, -0.15) is 0 Å². The Hall–Kier alpha value is -2.43. The Bertz CT molecular complexity index is 655. The van der Waals surface area contributed by atoms with E-state index in [-0.39, 0.29) is 5.91 Å². The number of halogens is 1. The summed E-state index contributed by atoms with van der Waals surface area (Å²) < 4.78 is 18.9. The van der Waals surface area contributed by atoms with Crippen molar-refractivity contribution >= 4 is 5.91 Å². The fraction of sp³-hybridized carbons (Fsp3) is 0.333. The fourth-order valence-electron chi connectivity index (χ4n) is 2.74. The molecule has 1 fully saturated rings. The van der Waals surface area contributed by atoms with Crippen LogP contribution in [0.2, 0.25) is 0 Å². The summed E-state index contributed by atoms with van der Waals surface area (Å²) in [6.45, 7) is 1.99. The predicted octanol–water partition coefficient (Wildman–Crippen LogP) is 3.15. The summed E-state index contributed by atoms with van der Waals surface area (Å²) in [5.74, 6) is 0.670. The summed E-state index contributed by atoms with van der Waals surface area (Å²) >= 11 is 0. The quantitative estimate of drug-likeness (QED) is 0.870. The number of piperidine rings is 1. The number of para-hydroxylation sites is 1. The molecule has 0 N–H and O–H groups in total. The van der Waals surface area contributed by atoms with Gasteiger partial charge >= 0.3 is 0 Å². The molecule has 1 aromatic carbocycles. The summed E-state index contributed by atoms with van der Waals surface area (Å²) in [4.78, 5) is 17.8. The van der Waals surface area contributed by atoms with Crippen LogP contribution in [-0.4, -0.2) is 35.5 Å². The Morgan fingerprint density at radius 1 is 1.22 bits per heavy atom. The highest BCUT2D eigenvalue weighted by molar-refractivity contribution is 5.93. The number of aromatic nitrogens is 1. The number of pyridine rings is 1. The monoisotopic (exact) mass is 314 g/mol. The van der Waals surface area contributed by atoms with E-state index in [9.17, 15) is 9.18 Å². The van der Waals surface area contributed by atoms with Crippen LogP contribution < -0.4 is 4.74 Å². The zero-order valence-corrected chi connectivity index (χ0v) is 12.8. The summed E-state index contributed by atoms with van der Waals surface area (Å²) in [6, 6.07) is 11.0. The van der Waals surface area contributed by atoms with Crippen molar-refractivity contribution in [2.75, 3.05) is 19.7 Å². The fourth-order valence-corrected chi connectivity index (χ4v) is 2.74. The Morgan fingerprint density at radius 3 is 2.65 bits per heavy atom. The molecule has 1 amide bonds. The van der Waals surface area contributed by atoms with Gasteiger partial charge in [0.2, 0.25) is 0 Å². The molecule has 0 unspecified atom stereocenters. The van der Waals surface area contributed by atoms with Crippen LogP contribution in [0, 0.1) is 11.7 Å². The van der Waals surface area contributed by atoms with Gasteiger partial charge in [-0.25, -0.2) is 4.39 Å². The Balaban J connectivity index is 1.49. The Labute approximate surface area is 134 Å². The van der Waals surface area contributed by atoms with E-state index in [1.54, 1.807) is 4.90 Å². The van der Waals surface area contributed by atoms with E-state index in [1.807, 2.05) is 30.3 Å². The first-order valence-corrected chi connectivity index (χ1v) is 7.80. The number of carbonyl (C=O) groups is 1. The molecule has 0 bridgehead atoms. The highest BCUT2D eigenvalue weighted by Gasteiger charge is 2.24. The Morgan fingerprint density at radius 2 is 1.96 bits per heavy atom. The molecule has 0 radical (unpaired) electrons. The van der Waals surface area contributed by atoms with E-state index in [4.69, 9.17) is 4.74 Å². The van der Waals surface area contributed by atoms with E-state index < -0.39 is 5.82 Å². The number of ether oxygens (including phenoxy) is 1. The van der Waals surface area contributed by atoms with Crippen molar-refractivity contribution in [2.24, 2.45) is 5.92 Å². The van der Waals surface area contributed by atoms with Gasteiger partial charge in [0.1, 0.15) is 11.6 Å². The first-order valence-electron chi connectivity index (χ1n) is 7.80. The molecule has 1 saturated heterocycles. The molecule has 0 saturated carbocycles. The van der Waals surface area contributed by atoms with Crippen molar-refractivity contribution in [2.45, 2.75) is 12.8 Å². The summed E-state index contributed by atoms with van der Waals surface area (Å²) in [5.41, 5.74) is 0.309. The molecule has 4 nitrogen and oxygen atoms in total. The van der Waals surface area contributed by atoms with E-state index in [0.717, 1.165) is 24.8 Å². The molecule has 1 aliphatic heterocycles. The first-order chi connectivity index (χ1) is 11.2. The molecule has 23 heavy (non-hydrogen) atoms. The van der Waals surface area contributed by atoms with Crippen molar-refractivity contribution in [3.8, 4) is 5.75 Å². The second-order valence-corrected chi connectivity index (χ2v) is 5.75. The van der Waals surface area contributed by atoms with E-state index in [1.165, 1.54) is 12.3 Å². The number of carbonyl (C=O) groups excluding carboxylic acids is 1. The minimum absolute atomic E-state index is 0.153. The number of likely N-dealkylation sites (tertiary alicyclic amines) is 1. The lowest BCUT2D eigenvalue weighted by molar-refractivity contribution is 0.0660. The third kappa shape index (κ3) is 4.06. The maximum absolute atomic E-state index is 13.2. The van der Waals surface area contributed by atoms with Gasteiger partial charge in [-0.05, 0) is 37.0 Å². The zero-order chi connectivity index (χ0) is 16.1. The molecular formula is C18H19FN2O2. The Kier molecular flexibility index (Phi) is 4.86. The van der Waals surface area contributed by atoms with Gasteiger partial charge in [0, 0.05) is 19.3 Å². The van der Waals surface area contributed by atoms with E-state index in [2.05, 4.69) is 4.98 Å². The highest BCUT2D eigenvalue weighted by Crippen LogP contribution is 2.20. The third-order valence-electron chi connectivity index (χ3n) is 4.08. The molecule has 1 aromatic heterocycles. The van der Waals surface area contributed by atoms with Crippen molar-refractivity contribution in [1.29, 1.82) is 0 Å². The van der Waals surface area contributed by atoms with Crippen LogP contribution in [0.5, 0.6) is 5.75 Å². The number of hydrogen-bond donors (Lipinski definition) is 0. The summed E-state index contributed by atoms with van der Waals surface area (Å²) in [7, 11) is 0. The van der Waals surface area contributed by atoms with Gasteiger partial charge < -0.3 is 9.64 Å².